The van der Waals surface area contributed by atoms with Gasteiger partial charge in [0.2, 0.25) is 0 Å². The van der Waals surface area contributed by atoms with Crippen molar-refractivity contribution in [1.29, 1.82) is 5.41 Å². The number of aromatic nitrogens is 1. The molecule has 0 fully saturated rings. The number of para-hydroxylation sites is 1. The van der Waals surface area contributed by atoms with E-state index in [9.17, 15) is 14.4 Å². The van der Waals surface area contributed by atoms with Crippen molar-refractivity contribution in [2.75, 3.05) is 18.1 Å². The molecule has 0 atom stereocenters. The monoisotopic (exact) mass is 652 g/mol. The largest absolute Gasteiger partial charge is 0.466 e. The second-order valence-corrected chi connectivity index (χ2v) is 9.27. The first-order chi connectivity index (χ1) is 18.8. The number of anilines is 1. The first kappa shape index (κ1) is 30.6. The van der Waals surface area contributed by atoms with Gasteiger partial charge in [0.1, 0.15) is 5.84 Å². The van der Waals surface area contributed by atoms with E-state index in [1.165, 1.54) is 0 Å². The molecule has 1 amide bonds. The minimum Gasteiger partial charge on any atom is -0.466 e. The molecule has 208 valence electrons. The third-order valence-corrected chi connectivity index (χ3v) is 6.60. The summed E-state index contributed by atoms with van der Waals surface area (Å²) in [5.41, 5.74) is 9.64. The highest BCUT2D eigenvalue weighted by Crippen LogP contribution is 2.26. The van der Waals surface area contributed by atoms with Crippen molar-refractivity contribution in [3.8, 4) is 0 Å². The highest BCUT2D eigenvalue weighted by molar-refractivity contribution is 14.0. The van der Waals surface area contributed by atoms with Crippen LogP contribution in [-0.4, -0.2) is 41.2 Å². The van der Waals surface area contributed by atoms with E-state index in [1.807, 2.05) is 60.1 Å². The minimum absolute atomic E-state index is 0. The number of amidine groups is 1. The second kappa shape index (κ2) is 13.9. The van der Waals surface area contributed by atoms with Crippen LogP contribution in [0.2, 0.25) is 0 Å². The van der Waals surface area contributed by atoms with E-state index in [1.54, 1.807) is 42.3 Å². The van der Waals surface area contributed by atoms with Crippen LogP contribution in [-0.2, 0) is 23.0 Å². The number of halogens is 1. The number of carbonyl (C=O) groups is 3. The number of nitrogens with one attached hydrogen (secondary N) is 1. The molecule has 9 heteroatoms. The Balaban J connectivity index is 0.00000441. The molecule has 4 rings (SSSR count). The van der Waals surface area contributed by atoms with Crippen molar-refractivity contribution in [1.82, 2.24) is 4.57 Å². The summed E-state index contributed by atoms with van der Waals surface area (Å²) in [7, 11) is 1.87. The fourth-order valence-corrected chi connectivity index (χ4v) is 4.54. The van der Waals surface area contributed by atoms with E-state index >= 15 is 0 Å². The van der Waals surface area contributed by atoms with Crippen LogP contribution in [0.15, 0.2) is 79.0 Å². The van der Waals surface area contributed by atoms with Crippen molar-refractivity contribution < 1.29 is 19.1 Å². The number of aryl methyl sites for hydroxylation is 2. The predicted octanol–water partition coefficient (Wildman–Crippen LogP) is 5.50. The number of hydrogen-bond acceptors (Lipinski definition) is 5. The summed E-state index contributed by atoms with van der Waals surface area (Å²) in [5, 5.41) is 8.23. The zero-order valence-corrected chi connectivity index (χ0v) is 24.9. The Morgan fingerprint density at radius 3 is 2.27 bits per heavy atom. The van der Waals surface area contributed by atoms with Crippen LogP contribution in [0.4, 0.5) is 5.69 Å². The van der Waals surface area contributed by atoms with Gasteiger partial charge in [-0.2, -0.15) is 0 Å². The summed E-state index contributed by atoms with van der Waals surface area (Å²) < 4.78 is 6.94. The molecule has 4 aromatic rings. The zero-order valence-electron chi connectivity index (χ0n) is 22.6. The first-order valence-electron chi connectivity index (χ1n) is 12.9. The number of ketones is 1. The van der Waals surface area contributed by atoms with Gasteiger partial charge in [-0.3, -0.25) is 19.8 Å². The molecule has 0 saturated heterocycles. The molecule has 0 saturated carbocycles. The molecule has 0 aliphatic rings. The van der Waals surface area contributed by atoms with Crippen LogP contribution in [0.5, 0.6) is 0 Å². The summed E-state index contributed by atoms with van der Waals surface area (Å²) in [5.74, 6) is -0.651. The number of hydrogen-bond donors (Lipinski definition) is 2. The number of esters is 1. The third kappa shape index (κ3) is 7.15. The van der Waals surface area contributed by atoms with Gasteiger partial charge in [-0.05, 0) is 49.2 Å². The summed E-state index contributed by atoms with van der Waals surface area (Å²) in [4.78, 5) is 40.6. The number of nitrogen functional groups attached to an aromatic ring is 1. The van der Waals surface area contributed by atoms with Crippen molar-refractivity contribution in [3.05, 3.63) is 101 Å². The van der Waals surface area contributed by atoms with Gasteiger partial charge in [0, 0.05) is 59.5 Å². The number of nitrogens with zero attached hydrogens (tertiary/aromatic N) is 2. The molecule has 1 heterocycles. The van der Waals surface area contributed by atoms with Gasteiger partial charge < -0.3 is 19.9 Å². The summed E-state index contributed by atoms with van der Waals surface area (Å²) >= 11 is 0. The highest BCUT2D eigenvalue weighted by atomic mass is 127. The second-order valence-electron chi connectivity index (χ2n) is 9.27. The number of fused-ring (bicyclic) bond motifs is 1. The van der Waals surface area contributed by atoms with E-state index in [4.69, 9.17) is 15.9 Å². The van der Waals surface area contributed by atoms with Gasteiger partial charge in [0.25, 0.3) is 5.91 Å². The van der Waals surface area contributed by atoms with Gasteiger partial charge in [-0.15, -0.1) is 24.0 Å². The van der Waals surface area contributed by atoms with Crippen LogP contribution in [0, 0.1) is 5.41 Å². The van der Waals surface area contributed by atoms with E-state index in [0.717, 1.165) is 11.1 Å². The number of carbonyl (C=O) groups excluding carboxylic acids is 3. The van der Waals surface area contributed by atoms with Crippen molar-refractivity contribution in [2.45, 2.75) is 26.2 Å². The number of Topliss-reactive ketones (excluding diaryl/α,β-unsaturated/α-hetero) is 1. The molecule has 0 spiro atoms. The van der Waals surface area contributed by atoms with Crippen LogP contribution < -0.4 is 10.6 Å². The normalized spacial score (nSPS) is 10.6. The number of nitrogens with two attached hydrogens (primary N) is 1. The molecule has 8 nitrogen and oxygen atoms in total. The quantitative estimate of drug-likeness (QED) is 0.0730. The fourth-order valence-electron chi connectivity index (χ4n) is 4.54. The molecule has 0 aliphatic heterocycles. The fraction of sp³-hybridized carbons (Fsp3) is 0.226. The maximum absolute atomic E-state index is 13.7. The van der Waals surface area contributed by atoms with Gasteiger partial charge in [-0.1, -0.05) is 42.5 Å². The lowest BCUT2D eigenvalue weighted by atomic mass is 10.00. The molecule has 1 aromatic heterocycles. The smallest absolute Gasteiger partial charge is 0.307 e. The molecular weight excluding hydrogens is 619 g/mol. The van der Waals surface area contributed by atoms with Gasteiger partial charge >= 0.3 is 5.97 Å². The Labute approximate surface area is 250 Å². The van der Waals surface area contributed by atoms with Crippen LogP contribution >= 0.6 is 24.0 Å². The van der Waals surface area contributed by atoms with E-state index < -0.39 is 0 Å². The zero-order chi connectivity index (χ0) is 27.9. The Bertz CT molecular complexity index is 1510. The number of benzene rings is 3. The maximum atomic E-state index is 13.7. The lowest BCUT2D eigenvalue weighted by Gasteiger charge is -2.23. The summed E-state index contributed by atoms with van der Waals surface area (Å²) in [6.07, 6.45) is 2.71. The molecule has 0 radical (unpaired) electrons. The molecular formula is C31H33IN4O4. The predicted molar refractivity (Wildman–Crippen MR) is 168 cm³/mol. The van der Waals surface area contributed by atoms with E-state index in [2.05, 4.69) is 0 Å². The molecule has 0 bridgehead atoms. The average Bonchev–Trinajstić information content (AvgIpc) is 3.28. The van der Waals surface area contributed by atoms with E-state index in [-0.39, 0.29) is 67.0 Å². The molecule has 0 aliphatic carbocycles. The number of rotatable bonds is 11. The minimum atomic E-state index is -0.367. The number of amides is 1. The molecule has 3 N–H and O–H groups in total. The van der Waals surface area contributed by atoms with E-state index in [0.29, 0.717) is 40.6 Å². The maximum Gasteiger partial charge on any atom is 0.307 e. The Morgan fingerprint density at radius 1 is 0.950 bits per heavy atom. The highest BCUT2D eigenvalue weighted by Gasteiger charge is 2.22. The lowest BCUT2D eigenvalue weighted by molar-refractivity contribution is -0.142. The lowest BCUT2D eigenvalue weighted by Crippen LogP contribution is -2.33. The average molecular weight is 653 g/mol. The van der Waals surface area contributed by atoms with Gasteiger partial charge in [0.15, 0.2) is 5.78 Å². The molecule has 40 heavy (non-hydrogen) atoms. The van der Waals surface area contributed by atoms with Crippen molar-refractivity contribution in [3.63, 3.8) is 0 Å². The topological polar surface area (TPSA) is 118 Å². The number of ether oxygens (including phenoxy) is 1. The van der Waals surface area contributed by atoms with Crippen LogP contribution in [0.3, 0.4) is 0 Å². The van der Waals surface area contributed by atoms with Gasteiger partial charge in [-0.25, -0.2) is 0 Å². The van der Waals surface area contributed by atoms with Crippen molar-refractivity contribution in [2.24, 2.45) is 12.8 Å². The molecule has 0 unspecified atom stereocenters. The first-order valence-corrected chi connectivity index (χ1v) is 12.9. The standard InChI is InChI=1S/C31H32N4O4.HI/c1-3-39-29(37)17-18-35(24-7-5-4-6-8-24)31(38)23-14-15-27-25(19-23)26(20-34(27)2)28(36)16-11-21-9-12-22(13-10-21)30(32)33;/h4-10,12-15,19-20H,3,11,16-18H2,1-2H3,(H3,32,33);1H. The van der Waals surface area contributed by atoms with Crippen LogP contribution in [0.1, 0.15) is 51.6 Å². The summed E-state index contributed by atoms with van der Waals surface area (Å²) in [6.45, 7) is 2.20. The SMILES string of the molecule is CCOC(=O)CCN(C(=O)c1ccc2c(c1)c(C(=O)CCc1ccc(C(=N)N)cc1)cn2C)c1ccccc1.I. The Kier molecular flexibility index (Phi) is 10.6. The third-order valence-electron chi connectivity index (χ3n) is 6.60. The Hall–Kier alpha value is -3.99. The van der Waals surface area contributed by atoms with Crippen LogP contribution in [0.25, 0.3) is 10.9 Å². The Morgan fingerprint density at radius 2 is 1.62 bits per heavy atom. The van der Waals surface area contributed by atoms with Crippen molar-refractivity contribution >= 4 is 64.1 Å². The van der Waals surface area contributed by atoms with Gasteiger partial charge in [0.05, 0.1) is 13.0 Å². The summed E-state index contributed by atoms with van der Waals surface area (Å²) in [6, 6.07) is 21.8. The molecule has 3 aromatic carbocycles.